The van der Waals surface area contributed by atoms with Crippen LogP contribution in [0.3, 0.4) is 0 Å². The molecular weight excluding hydrogens is 338 g/mol. The third-order valence-electron chi connectivity index (χ3n) is 1.30. The van der Waals surface area contributed by atoms with Gasteiger partial charge in [-0.15, -0.1) is 11.3 Å². The van der Waals surface area contributed by atoms with Gasteiger partial charge in [-0.05, 0) is 49.5 Å². The molecule has 13 heavy (non-hydrogen) atoms. The lowest BCUT2D eigenvalue weighted by molar-refractivity contribution is 1.35. The summed E-state index contributed by atoms with van der Waals surface area (Å²) >= 11 is 9.74. The van der Waals surface area contributed by atoms with Crippen LogP contribution in [0.1, 0.15) is 0 Å². The Balaban J connectivity index is 2.46. The summed E-state index contributed by atoms with van der Waals surface area (Å²) in [5.74, 6) is 0.334. The number of hydrogen-bond acceptors (Lipinski definition) is 5. The number of thiophene rings is 1. The average molecular weight is 341 g/mol. The smallest absolute Gasteiger partial charge is 0.232 e. The SMILES string of the molecule is Nc1nsc(-c2cc(Br)c(Br)s2)n1. The first-order chi connectivity index (χ1) is 6.16. The largest absolute Gasteiger partial charge is 0.367 e. The summed E-state index contributed by atoms with van der Waals surface area (Å²) in [5, 5.41) is 0.855. The lowest BCUT2D eigenvalue weighted by Gasteiger charge is -1.83. The maximum atomic E-state index is 5.43. The fourth-order valence-electron chi connectivity index (χ4n) is 0.787. The van der Waals surface area contributed by atoms with Crippen LogP contribution >= 0.6 is 54.7 Å². The van der Waals surface area contributed by atoms with Crippen LogP contribution in [0.15, 0.2) is 14.3 Å². The van der Waals surface area contributed by atoms with Crippen molar-refractivity contribution in [2.24, 2.45) is 0 Å². The second kappa shape index (κ2) is 3.64. The van der Waals surface area contributed by atoms with E-state index in [1.165, 1.54) is 11.5 Å². The first-order valence-electron chi connectivity index (χ1n) is 3.21. The molecule has 0 bridgehead atoms. The summed E-state index contributed by atoms with van der Waals surface area (Å²) in [4.78, 5) is 5.15. The highest BCUT2D eigenvalue weighted by Crippen LogP contribution is 2.38. The zero-order valence-corrected chi connectivity index (χ0v) is 10.9. The van der Waals surface area contributed by atoms with Gasteiger partial charge >= 0.3 is 0 Å². The van der Waals surface area contributed by atoms with Gasteiger partial charge in [0.1, 0.15) is 0 Å². The molecule has 0 aliphatic rings. The van der Waals surface area contributed by atoms with Crippen LogP contribution in [0, 0.1) is 0 Å². The summed E-state index contributed by atoms with van der Waals surface area (Å²) in [6, 6.07) is 1.99. The second-order valence-electron chi connectivity index (χ2n) is 2.19. The van der Waals surface area contributed by atoms with Crippen LogP contribution in [-0.4, -0.2) is 9.36 Å². The average Bonchev–Trinajstić information content (AvgIpc) is 2.61. The number of halogens is 2. The van der Waals surface area contributed by atoms with Crippen molar-refractivity contribution in [1.82, 2.24) is 9.36 Å². The molecule has 0 unspecified atom stereocenters. The van der Waals surface area contributed by atoms with Gasteiger partial charge in [0.2, 0.25) is 5.95 Å². The van der Waals surface area contributed by atoms with Crippen LogP contribution < -0.4 is 5.73 Å². The topological polar surface area (TPSA) is 51.8 Å². The first kappa shape index (κ1) is 9.57. The number of nitrogens with zero attached hydrogens (tertiary/aromatic N) is 2. The van der Waals surface area contributed by atoms with Crippen molar-refractivity contribution in [1.29, 1.82) is 0 Å². The van der Waals surface area contributed by atoms with Gasteiger partial charge in [0, 0.05) is 4.47 Å². The Bertz CT molecular complexity index is 417. The molecular formula is C6H3Br2N3S2. The molecule has 0 atom stereocenters. The maximum absolute atomic E-state index is 5.43. The fourth-order valence-corrected chi connectivity index (χ4v) is 3.45. The number of anilines is 1. The van der Waals surface area contributed by atoms with Crippen LogP contribution in [0.5, 0.6) is 0 Å². The van der Waals surface area contributed by atoms with Gasteiger partial charge in [0.25, 0.3) is 0 Å². The molecule has 0 fully saturated rings. The van der Waals surface area contributed by atoms with Crippen molar-refractivity contribution < 1.29 is 0 Å². The standard InChI is InChI=1S/C6H3Br2N3S2/c7-2-1-3(12-4(2)8)5-10-6(9)11-13-5/h1H,(H2,9,11). The second-order valence-corrected chi connectivity index (χ2v) is 6.17. The lowest BCUT2D eigenvalue weighted by Crippen LogP contribution is -1.84. The fraction of sp³-hybridized carbons (Fsp3) is 0. The number of rotatable bonds is 1. The number of nitrogen functional groups attached to an aromatic ring is 1. The van der Waals surface area contributed by atoms with Crippen LogP contribution in [-0.2, 0) is 0 Å². The molecule has 2 aromatic rings. The Morgan fingerprint density at radius 3 is 2.62 bits per heavy atom. The summed E-state index contributed by atoms with van der Waals surface area (Å²) < 4.78 is 6.00. The van der Waals surface area contributed by atoms with E-state index in [0.29, 0.717) is 5.95 Å². The van der Waals surface area contributed by atoms with Gasteiger partial charge in [-0.2, -0.15) is 9.36 Å². The Morgan fingerprint density at radius 1 is 1.38 bits per heavy atom. The van der Waals surface area contributed by atoms with Crippen molar-refractivity contribution >= 4 is 60.7 Å². The predicted molar refractivity (Wildman–Crippen MR) is 63.0 cm³/mol. The van der Waals surface area contributed by atoms with Crippen LogP contribution in [0.25, 0.3) is 9.88 Å². The summed E-state index contributed by atoms with van der Waals surface area (Å²) in [7, 11) is 0. The highest BCUT2D eigenvalue weighted by molar-refractivity contribution is 9.13. The number of hydrogen-bond donors (Lipinski definition) is 1. The van der Waals surface area contributed by atoms with E-state index in [9.17, 15) is 0 Å². The molecule has 0 aromatic carbocycles. The molecule has 7 heteroatoms. The first-order valence-corrected chi connectivity index (χ1v) is 6.39. The zero-order valence-electron chi connectivity index (χ0n) is 6.12. The quantitative estimate of drug-likeness (QED) is 0.865. The highest BCUT2D eigenvalue weighted by Gasteiger charge is 2.09. The van der Waals surface area contributed by atoms with Crippen molar-refractivity contribution in [3.05, 3.63) is 14.3 Å². The molecule has 0 aliphatic carbocycles. The Kier molecular flexibility index (Phi) is 2.68. The molecule has 2 heterocycles. The Morgan fingerprint density at radius 2 is 2.15 bits per heavy atom. The molecule has 0 amide bonds. The van der Waals surface area contributed by atoms with Gasteiger partial charge < -0.3 is 5.73 Å². The lowest BCUT2D eigenvalue weighted by atomic mass is 10.5. The molecule has 0 saturated carbocycles. The summed E-state index contributed by atoms with van der Waals surface area (Å²) in [6.45, 7) is 0. The van der Waals surface area contributed by atoms with E-state index in [-0.39, 0.29) is 0 Å². The zero-order chi connectivity index (χ0) is 9.42. The van der Waals surface area contributed by atoms with Crippen LogP contribution in [0.2, 0.25) is 0 Å². The third kappa shape index (κ3) is 1.93. The molecule has 2 aromatic heterocycles. The minimum atomic E-state index is 0.334. The minimum absolute atomic E-state index is 0.334. The van der Waals surface area contributed by atoms with Crippen molar-refractivity contribution in [3.8, 4) is 9.88 Å². The molecule has 0 spiro atoms. The van der Waals surface area contributed by atoms with Gasteiger partial charge in [-0.1, -0.05) is 0 Å². The normalized spacial score (nSPS) is 10.6. The predicted octanol–water partition coefficient (Wildman–Crippen LogP) is 3.37. The van der Waals surface area contributed by atoms with E-state index >= 15 is 0 Å². The van der Waals surface area contributed by atoms with Gasteiger partial charge in [-0.3, -0.25) is 0 Å². The Labute approximate surface area is 99.4 Å². The van der Waals surface area contributed by atoms with E-state index in [4.69, 9.17) is 5.73 Å². The van der Waals surface area contributed by atoms with Crippen LogP contribution in [0.4, 0.5) is 5.95 Å². The van der Waals surface area contributed by atoms with E-state index < -0.39 is 0 Å². The molecule has 68 valence electrons. The maximum Gasteiger partial charge on any atom is 0.232 e. The molecule has 3 nitrogen and oxygen atoms in total. The van der Waals surface area contributed by atoms with E-state index in [1.807, 2.05) is 6.07 Å². The van der Waals surface area contributed by atoms with Gasteiger partial charge in [-0.25, -0.2) is 0 Å². The number of nitrogens with two attached hydrogens (primary N) is 1. The summed E-state index contributed by atoms with van der Waals surface area (Å²) in [5.41, 5.74) is 5.43. The van der Waals surface area contributed by atoms with Crippen molar-refractivity contribution in [2.75, 3.05) is 5.73 Å². The van der Waals surface area contributed by atoms with E-state index in [1.54, 1.807) is 11.3 Å². The Hall–Kier alpha value is 0.0200. The molecule has 0 radical (unpaired) electrons. The van der Waals surface area contributed by atoms with Gasteiger partial charge in [0.15, 0.2) is 5.01 Å². The monoisotopic (exact) mass is 339 g/mol. The third-order valence-corrected chi connectivity index (χ3v) is 5.45. The van der Waals surface area contributed by atoms with Crippen molar-refractivity contribution in [3.63, 3.8) is 0 Å². The van der Waals surface area contributed by atoms with E-state index in [2.05, 4.69) is 41.2 Å². The van der Waals surface area contributed by atoms with Gasteiger partial charge in [0.05, 0.1) is 8.66 Å². The van der Waals surface area contributed by atoms with E-state index in [0.717, 1.165) is 18.1 Å². The molecule has 2 rings (SSSR count). The number of aromatic nitrogens is 2. The highest BCUT2D eigenvalue weighted by atomic mass is 79.9. The van der Waals surface area contributed by atoms with Crippen molar-refractivity contribution in [2.45, 2.75) is 0 Å². The molecule has 2 N–H and O–H groups in total. The minimum Gasteiger partial charge on any atom is -0.367 e. The molecule has 0 aliphatic heterocycles. The molecule has 0 saturated heterocycles. The summed E-state index contributed by atoms with van der Waals surface area (Å²) in [6.07, 6.45) is 0.